The topological polar surface area (TPSA) is 129 Å². The quantitative estimate of drug-likeness (QED) is 0.238. The second-order valence-corrected chi connectivity index (χ2v) is 13.8. The molecule has 0 aliphatic carbocycles. The standard InChI is InChI=1S/C33H44N4O7S/c1-4-5-13-33(40)37(34-32(39)24-35-16-9-10-17-35)28(20-26-11-7-6-8-12-26)29(38)23-36(22-25(2)3)45(41,42)27-14-15-30-31(21-27)44-19-18-43-30/h1,6-8,11-12,14-15,21,25,28-29,38H,5,9-10,13,16-20,22-24H2,2-3H3,(H,34,39)/t28?,29-/m1/s1. The largest absolute Gasteiger partial charge is 0.486 e. The fraction of sp³-hybridized carbons (Fsp3) is 0.515. The van der Waals surface area contributed by atoms with Crippen LogP contribution in [0.2, 0.25) is 0 Å². The van der Waals surface area contributed by atoms with Crippen molar-refractivity contribution in [3.8, 4) is 23.8 Å². The van der Waals surface area contributed by atoms with Crippen LogP contribution in [0.4, 0.5) is 0 Å². The molecule has 2 aromatic carbocycles. The molecule has 2 aliphatic heterocycles. The van der Waals surface area contributed by atoms with E-state index >= 15 is 0 Å². The van der Waals surface area contributed by atoms with Crippen LogP contribution in [0.25, 0.3) is 0 Å². The zero-order valence-electron chi connectivity index (χ0n) is 26.1. The van der Waals surface area contributed by atoms with E-state index in [0.717, 1.165) is 36.5 Å². The number of carbonyl (C=O) groups excluding carboxylic acids is 2. The van der Waals surface area contributed by atoms with Crippen LogP contribution in [0.5, 0.6) is 11.5 Å². The molecule has 2 atom stereocenters. The van der Waals surface area contributed by atoms with E-state index < -0.39 is 28.1 Å². The average Bonchev–Trinajstić information content (AvgIpc) is 3.54. The lowest BCUT2D eigenvalue weighted by molar-refractivity contribution is -0.148. The molecule has 2 heterocycles. The Bertz CT molecular complexity index is 1440. The lowest BCUT2D eigenvalue weighted by Gasteiger charge is -2.37. The molecule has 45 heavy (non-hydrogen) atoms. The number of sulfonamides is 1. The molecule has 244 valence electrons. The van der Waals surface area contributed by atoms with Crippen LogP contribution in [0, 0.1) is 18.3 Å². The van der Waals surface area contributed by atoms with Gasteiger partial charge in [0.25, 0.3) is 5.91 Å². The van der Waals surface area contributed by atoms with Gasteiger partial charge in [-0.2, -0.15) is 4.31 Å². The van der Waals surface area contributed by atoms with Gasteiger partial charge in [-0.25, -0.2) is 13.4 Å². The predicted molar refractivity (Wildman–Crippen MR) is 170 cm³/mol. The summed E-state index contributed by atoms with van der Waals surface area (Å²) in [5, 5.41) is 13.0. The molecule has 0 bridgehead atoms. The number of nitrogens with zero attached hydrogens (tertiary/aromatic N) is 3. The smallest absolute Gasteiger partial charge is 0.252 e. The second kappa shape index (κ2) is 16.1. The second-order valence-electron chi connectivity index (χ2n) is 11.8. The molecule has 11 nitrogen and oxygen atoms in total. The molecule has 2 aromatic rings. The first-order chi connectivity index (χ1) is 21.6. The van der Waals surface area contributed by atoms with Gasteiger partial charge >= 0.3 is 0 Å². The van der Waals surface area contributed by atoms with Crippen LogP contribution >= 0.6 is 0 Å². The lowest BCUT2D eigenvalue weighted by Crippen LogP contribution is -2.60. The molecule has 4 rings (SSSR count). The van der Waals surface area contributed by atoms with Gasteiger partial charge in [-0.05, 0) is 56.0 Å². The summed E-state index contributed by atoms with van der Waals surface area (Å²) < 4.78 is 40.5. The maximum atomic E-state index is 14.0. The van der Waals surface area contributed by atoms with Crippen molar-refractivity contribution < 1.29 is 32.6 Å². The third kappa shape index (κ3) is 9.43. The molecule has 2 N–H and O–H groups in total. The minimum atomic E-state index is -4.12. The van der Waals surface area contributed by atoms with Crippen molar-refractivity contribution >= 4 is 21.8 Å². The van der Waals surface area contributed by atoms with E-state index in [1.165, 1.54) is 16.4 Å². The Kier molecular flexibility index (Phi) is 12.2. The Morgan fingerprint density at radius 2 is 1.73 bits per heavy atom. The number of hydrazine groups is 1. The highest BCUT2D eigenvalue weighted by atomic mass is 32.2. The third-order valence-electron chi connectivity index (χ3n) is 7.74. The summed E-state index contributed by atoms with van der Waals surface area (Å²) in [7, 11) is -4.12. The molecule has 12 heteroatoms. The summed E-state index contributed by atoms with van der Waals surface area (Å²) in [5.41, 5.74) is 3.55. The maximum Gasteiger partial charge on any atom is 0.252 e. The van der Waals surface area contributed by atoms with Crippen molar-refractivity contribution in [1.29, 1.82) is 0 Å². The van der Waals surface area contributed by atoms with E-state index in [1.54, 1.807) is 6.07 Å². The van der Waals surface area contributed by atoms with Crippen LogP contribution in [0.3, 0.4) is 0 Å². The number of aliphatic hydroxyl groups excluding tert-OH is 1. The number of hydrogen-bond donors (Lipinski definition) is 2. The molecular formula is C33H44N4O7S. The summed E-state index contributed by atoms with van der Waals surface area (Å²) in [6.07, 6.45) is 6.32. The minimum Gasteiger partial charge on any atom is -0.486 e. The Labute approximate surface area is 266 Å². The van der Waals surface area contributed by atoms with Gasteiger partial charge in [0.05, 0.1) is 23.6 Å². The molecule has 1 saturated heterocycles. The lowest BCUT2D eigenvalue weighted by atomic mass is 9.99. The summed E-state index contributed by atoms with van der Waals surface area (Å²) in [6, 6.07) is 12.7. The summed E-state index contributed by atoms with van der Waals surface area (Å²) >= 11 is 0. The van der Waals surface area contributed by atoms with Gasteiger partial charge in [-0.3, -0.25) is 19.9 Å². The van der Waals surface area contributed by atoms with Crippen LogP contribution in [-0.4, -0.2) is 97.6 Å². The van der Waals surface area contributed by atoms with Gasteiger partial charge in [0, 0.05) is 32.0 Å². The van der Waals surface area contributed by atoms with Gasteiger partial charge in [-0.1, -0.05) is 44.2 Å². The number of amides is 2. The molecule has 1 unspecified atom stereocenters. The first-order valence-corrected chi connectivity index (χ1v) is 16.9. The van der Waals surface area contributed by atoms with Crippen LogP contribution in [-0.2, 0) is 26.0 Å². The average molecular weight is 641 g/mol. The Balaban J connectivity index is 1.66. The van der Waals surface area contributed by atoms with Gasteiger partial charge < -0.3 is 14.6 Å². The molecule has 1 fully saturated rings. The molecule has 0 spiro atoms. The Morgan fingerprint density at radius 3 is 2.40 bits per heavy atom. The molecule has 2 aliphatic rings. The van der Waals surface area contributed by atoms with Crippen LogP contribution in [0.1, 0.15) is 45.1 Å². The van der Waals surface area contributed by atoms with Crippen LogP contribution in [0.15, 0.2) is 53.4 Å². The van der Waals surface area contributed by atoms with E-state index in [9.17, 15) is 23.1 Å². The fourth-order valence-corrected chi connectivity index (χ4v) is 7.18. The highest BCUT2D eigenvalue weighted by Gasteiger charge is 2.36. The predicted octanol–water partition coefficient (Wildman–Crippen LogP) is 2.45. The van der Waals surface area contributed by atoms with Crippen molar-refractivity contribution in [2.75, 3.05) is 45.9 Å². The minimum absolute atomic E-state index is 0.0000722. The normalized spacial score (nSPS) is 16.3. The van der Waals surface area contributed by atoms with Crippen molar-refractivity contribution in [3.05, 3.63) is 54.1 Å². The molecule has 2 amide bonds. The van der Waals surface area contributed by atoms with E-state index in [0.29, 0.717) is 24.7 Å². The number of fused-ring (bicyclic) bond motifs is 1. The van der Waals surface area contributed by atoms with Crippen LogP contribution < -0.4 is 14.9 Å². The number of carbonyl (C=O) groups is 2. The molecule has 0 radical (unpaired) electrons. The highest BCUT2D eigenvalue weighted by Crippen LogP contribution is 2.33. The molecular weight excluding hydrogens is 596 g/mol. The van der Waals surface area contributed by atoms with Crippen molar-refractivity contribution in [1.82, 2.24) is 19.6 Å². The van der Waals surface area contributed by atoms with Crippen molar-refractivity contribution in [2.24, 2.45) is 5.92 Å². The van der Waals surface area contributed by atoms with Crippen molar-refractivity contribution in [2.45, 2.75) is 63.0 Å². The maximum absolute atomic E-state index is 14.0. The molecule has 0 saturated carbocycles. The summed E-state index contributed by atoms with van der Waals surface area (Å²) in [6.45, 7) is 5.91. The SMILES string of the molecule is C#CCCC(=O)N(NC(=O)CN1CCCC1)C(Cc1ccccc1)[C@H](O)CN(CC(C)C)S(=O)(=O)c1ccc2c(c1)OCCO2. The van der Waals surface area contributed by atoms with Gasteiger partial charge in [-0.15, -0.1) is 12.3 Å². The number of rotatable bonds is 14. The number of nitrogens with one attached hydrogen (secondary N) is 1. The highest BCUT2D eigenvalue weighted by molar-refractivity contribution is 7.89. The first kappa shape index (κ1) is 34.2. The van der Waals surface area contributed by atoms with Gasteiger partial charge in [0.1, 0.15) is 13.2 Å². The van der Waals surface area contributed by atoms with Crippen molar-refractivity contribution in [3.63, 3.8) is 0 Å². The number of benzene rings is 2. The first-order valence-electron chi connectivity index (χ1n) is 15.5. The van der Waals surface area contributed by atoms with E-state index in [1.807, 2.05) is 49.1 Å². The Hall–Kier alpha value is -3.63. The zero-order chi connectivity index (χ0) is 32.4. The zero-order valence-corrected chi connectivity index (χ0v) is 26.9. The number of terminal acetylenes is 1. The van der Waals surface area contributed by atoms with Gasteiger partial charge in [0.15, 0.2) is 11.5 Å². The van der Waals surface area contributed by atoms with E-state index in [-0.39, 0.29) is 55.6 Å². The fourth-order valence-electron chi connectivity index (χ4n) is 5.54. The third-order valence-corrected chi connectivity index (χ3v) is 9.56. The summed E-state index contributed by atoms with van der Waals surface area (Å²) in [4.78, 5) is 28.8. The van der Waals surface area contributed by atoms with Gasteiger partial charge in [0.2, 0.25) is 15.9 Å². The Morgan fingerprint density at radius 1 is 1.04 bits per heavy atom. The number of hydrogen-bond acceptors (Lipinski definition) is 8. The number of likely N-dealkylation sites (tertiary alicyclic amines) is 1. The van der Waals surface area contributed by atoms with E-state index in [2.05, 4.69) is 11.3 Å². The monoisotopic (exact) mass is 640 g/mol. The number of ether oxygens (including phenoxy) is 2. The molecule has 0 aromatic heterocycles. The number of aliphatic hydroxyl groups is 1. The summed E-state index contributed by atoms with van der Waals surface area (Å²) in [5.74, 6) is 2.32. The van der Waals surface area contributed by atoms with E-state index in [4.69, 9.17) is 15.9 Å².